The van der Waals surface area contributed by atoms with Gasteiger partial charge in [-0.05, 0) is 25.5 Å². The number of aromatic nitrogens is 2. The quantitative estimate of drug-likeness (QED) is 0.517. The minimum Gasteiger partial charge on any atom is -0.307 e. The number of nitrogens with zero attached hydrogens (tertiary/aromatic N) is 2. The molecule has 0 radical (unpaired) electrons. The van der Waals surface area contributed by atoms with E-state index in [0.717, 1.165) is 25.2 Å². The lowest BCUT2D eigenvalue weighted by Crippen LogP contribution is -2.24. The van der Waals surface area contributed by atoms with Gasteiger partial charge in [-0.1, -0.05) is 65.2 Å². The Morgan fingerprint density at radius 1 is 0.857 bits per heavy atom. The molecular formula is C18H33N3. The minimum atomic E-state index is 0.325. The molecule has 1 heterocycles. The second kappa shape index (κ2) is 12.8. The molecule has 0 amide bonds. The van der Waals surface area contributed by atoms with Crippen LogP contribution < -0.4 is 5.32 Å². The summed E-state index contributed by atoms with van der Waals surface area (Å²) in [5, 5.41) is 3.58. The van der Waals surface area contributed by atoms with Crippen molar-refractivity contribution >= 4 is 0 Å². The average molecular weight is 291 g/mol. The third kappa shape index (κ3) is 8.82. The van der Waals surface area contributed by atoms with Crippen LogP contribution in [0, 0.1) is 0 Å². The Labute approximate surface area is 131 Å². The van der Waals surface area contributed by atoms with E-state index in [2.05, 4.69) is 29.1 Å². The third-order valence-corrected chi connectivity index (χ3v) is 3.88. The molecule has 0 spiro atoms. The van der Waals surface area contributed by atoms with Crippen molar-refractivity contribution in [2.24, 2.45) is 0 Å². The highest BCUT2D eigenvalue weighted by Gasteiger charge is 2.12. The van der Waals surface area contributed by atoms with Gasteiger partial charge in [0.1, 0.15) is 5.82 Å². The van der Waals surface area contributed by atoms with Crippen LogP contribution in [-0.4, -0.2) is 16.5 Å². The maximum absolute atomic E-state index is 4.41. The molecule has 0 saturated carbocycles. The van der Waals surface area contributed by atoms with Gasteiger partial charge >= 0.3 is 0 Å². The van der Waals surface area contributed by atoms with Crippen LogP contribution in [0.5, 0.6) is 0 Å². The molecule has 1 unspecified atom stereocenters. The van der Waals surface area contributed by atoms with Crippen LogP contribution in [-0.2, 0) is 0 Å². The monoisotopic (exact) mass is 291 g/mol. The molecule has 3 nitrogen and oxygen atoms in total. The SMILES string of the molecule is CCCCCCCCCCC(NCCC)c1ncccn1. The molecule has 0 aliphatic carbocycles. The van der Waals surface area contributed by atoms with Crippen molar-refractivity contribution < 1.29 is 0 Å². The van der Waals surface area contributed by atoms with Crippen molar-refractivity contribution in [2.75, 3.05) is 6.54 Å². The van der Waals surface area contributed by atoms with Gasteiger partial charge in [0.25, 0.3) is 0 Å². The van der Waals surface area contributed by atoms with E-state index < -0.39 is 0 Å². The maximum Gasteiger partial charge on any atom is 0.145 e. The molecule has 1 aromatic rings. The van der Waals surface area contributed by atoms with Gasteiger partial charge < -0.3 is 5.32 Å². The van der Waals surface area contributed by atoms with E-state index in [1.807, 2.05) is 18.5 Å². The predicted molar refractivity (Wildman–Crippen MR) is 90.3 cm³/mol. The highest BCUT2D eigenvalue weighted by molar-refractivity contribution is 4.95. The zero-order chi connectivity index (χ0) is 15.2. The summed E-state index contributed by atoms with van der Waals surface area (Å²) in [6.07, 6.45) is 16.9. The summed E-state index contributed by atoms with van der Waals surface area (Å²) in [4.78, 5) is 8.81. The lowest BCUT2D eigenvalue weighted by atomic mass is 10.0. The lowest BCUT2D eigenvalue weighted by Gasteiger charge is -2.16. The van der Waals surface area contributed by atoms with Crippen LogP contribution in [0.3, 0.4) is 0 Å². The van der Waals surface area contributed by atoms with E-state index in [0.29, 0.717) is 6.04 Å². The van der Waals surface area contributed by atoms with E-state index in [-0.39, 0.29) is 0 Å². The van der Waals surface area contributed by atoms with Gasteiger partial charge in [0.15, 0.2) is 0 Å². The first-order chi connectivity index (χ1) is 10.4. The fourth-order valence-electron chi connectivity index (χ4n) is 2.61. The largest absolute Gasteiger partial charge is 0.307 e. The van der Waals surface area contributed by atoms with Crippen molar-refractivity contribution in [1.82, 2.24) is 15.3 Å². The molecule has 0 saturated heterocycles. The highest BCUT2D eigenvalue weighted by Crippen LogP contribution is 2.17. The van der Waals surface area contributed by atoms with Crippen LogP contribution in [0.2, 0.25) is 0 Å². The van der Waals surface area contributed by atoms with E-state index in [1.165, 1.54) is 51.4 Å². The fraction of sp³-hybridized carbons (Fsp3) is 0.778. The molecule has 3 heteroatoms. The summed E-state index contributed by atoms with van der Waals surface area (Å²) < 4.78 is 0. The summed E-state index contributed by atoms with van der Waals surface area (Å²) in [6, 6.07) is 2.21. The van der Waals surface area contributed by atoms with Crippen molar-refractivity contribution in [1.29, 1.82) is 0 Å². The van der Waals surface area contributed by atoms with Crippen LogP contribution in [0.15, 0.2) is 18.5 Å². The normalized spacial score (nSPS) is 12.5. The number of hydrogen-bond donors (Lipinski definition) is 1. The zero-order valence-electron chi connectivity index (χ0n) is 14.0. The Kier molecular flexibility index (Phi) is 11.0. The third-order valence-electron chi connectivity index (χ3n) is 3.88. The number of hydrogen-bond acceptors (Lipinski definition) is 3. The van der Waals surface area contributed by atoms with Gasteiger partial charge in [0.2, 0.25) is 0 Å². The van der Waals surface area contributed by atoms with Gasteiger partial charge in [-0.25, -0.2) is 9.97 Å². The van der Waals surface area contributed by atoms with Gasteiger partial charge in [-0.2, -0.15) is 0 Å². The second-order valence-electron chi connectivity index (χ2n) is 5.88. The Hall–Kier alpha value is -0.960. The fourth-order valence-corrected chi connectivity index (χ4v) is 2.61. The molecule has 21 heavy (non-hydrogen) atoms. The first-order valence-electron chi connectivity index (χ1n) is 8.88. The molecule has 1 rings (SSSR count). The van der Waals surface area contributed by atoms with Crippen LogP contribution in [0.25, 0.3) is 0 Å². The van der Waals surface area contributed by atoms with Crippen molar-refractivity contribution in [3.8, 4) is 0 Å². The van der Waals surface area contributed by atoms with Crippen LogP contribution in [0.4, 0.5) is 0 Å². The molecule has 0 aliphatic rings. The molecule has 1 aromatic heterocycles. The smallest absolute Gasteiger partial charge is 0.145 e. The van der Waals surface area contributed by atoms with Crippen molar-refractivity contribution in [3.05, 3.63) is 24.3 Å². The van der Waals surface area contributed by atoms with E-state index in [1.54, 1.807) is 0 Å². The summed E-state index contributed by atoms with van der Waals surface area (Å²) in [5.74, 6) is 0.953. The molecule has 0 aromatic carbocycles. The van der Waals surface area contributed by atoms with Crippen LogP contribution >= 0.6 is 0 Å². The minimum absolute atomic E-state index is 0.325. The standard InChI is InChI=1S/C18H33N3/c1-3-5-6-7-8-9-10-11-13-17(19-14-4-2)18-20-15-12-16-21-18/h12,15-17,19H,3-11,13-14H2,1-2H3. The van der Waals surface area contributed by atoms with E-state index >= 15 is 0 Å². The Bertz CT molecular complexity index is 326. The van der Waals surface area contributed by atoms with Crippen molar-refractivity contribution in [2.45, 2.75) is 84.1 Å². The molecule has 0 fully saturated rings. The highest BCUT2D eigenvalue weighted by atomic mass is 15.0. The number of nitrogens with one attached hydrogen (secondary N) is 1. The Morgan fingerprint density at radius 2 is 1.48 bits per heavy atom. The second-order valence-corrected chi connectivity index (χ2v) is 5.88. The molecule has 1 atom stereocenters. The van der Waals surface area contributed by atoms with Crippen molar-refractivity contribution in [3.63, 3.8) is 0 Å². The van der Waals surface area contributed by atoms with Crippen LogP contribution in [0.1, 0.15) is 89.9 Å². The molecule has 1 N–H and O–H groups in total. The average Bonchev–Trinajstić information content (AvgIpc) is 2.53. The summed E-state index contributed by atoms with van der Waals surface area (Å²) >= 11 is 0. The van der Waals surface area contributed by atoms with Gasteiger partial charge in [-0.3, -0.25) is 0 Å². The molecule has 0 bridgehead atoms. The Balaban J connectivity index is 2.18. The summed E-state index contributed by atoms with van der Waals surface area (Å²) in [6.45, 7) is 5.52. The predicted octanol–water partition coefficient (Wildman–Crippen LogP) is 5.05. The Morgan fingerprint density at radius 3 is 2.10 bits per heavy atom. The molecular weight excluding hydrogens is 258 g/mol. The summed E-state index contributed by atoms with van der Waals surface area (Å²) in [7, 11) is 0. The first-order valence-corrected chi connectivity index (χ1v) is 8.88. The van der Waals surface area contributed by atoms with E-state index in [4.69, 9.17) is 0 Å². The number of unbranched alkanes of at least 4 members (excludes halogenated alkanes) is 7. The molecule has 120 valence electrons. The van der Waals surface area contributed by atoms with Gasteiger partial charge in [0, 0.05) is 12.4 Å². The van der Waals surface area contributed by atoms with Gasteiger partial charge in [0.05, 0.1) is 6.04 Å². The lowest BCUT2D eigenvalue weighted by molar-refractivity contribution is 0.448. The molecule has 0 aliphatic heterocycles. The summed E-state index contributed by atoms with van der Waals surface area (Å²) in [5.41, 5.74) is 0. The first kappa shape index (κ1) is 18.1. The zero-order valence-corrected chi connectivity index (χ0v) is 14.0. The van der Waals surface area contributed by atoms with Gasteiger partial charge in [-0.15, -0.1) is 0 Å². The maximum atomic E-state index is 4.41. The number of rotatable bonds is 13. The van der Waals surface area contributed by atoms with E-state index in [9.17, 15) is 0 Å². The topological polar surface area (TPSA) is 37.8 Å².